The van der Waals surface area contributed by atoms with Crippen molar-refractivity contribution in [3.63, 3.8) is 0 Å². The largest absolute Gasteiger partial charge is 0.497 e. The number of nitrogens with one attached hydrogen (secondary N) is 1. The second kappa shape index (κ2) is 9.34. The fourth-order valence-electron chi connectivity index (χ4n) is 3.35. The molecule has 3 N–H and O–H groups in total. The van der Waals surface area contributed by atoms with E-state index < -0.39 is 25.8 Å². The number of carboxylic acids is 1. The first-order valence-corrected chi connectivity index (χ1v) is 10.4. The normalized spacial score (nSPS) is 21.6. The smallest absolute Gasteiger partial charge is 0.335 e. The maximum absolute atomic E-state index is 12.0. The molecule has 8 heteroatoms. The van der Waals surface area contributed by atoms with Gasteiger partial charge in [0.2, 0.25) is 0 Å². The van der Waals surface area contributed by atoms with Crippen molar-refractivity contribution in [3.8, 4) is 5.75 Å². The number of carboxylic acid groups (broad SMARTS) is 1. The summed E-state index contributed by atoms with van der Waals surface area (Å²) in [7, 11) is -1.22. The van der Waals surface area contributed by atoms with Crippen molar-refractivity contribution in [2.24, 2.45) is 0 Å². The summed E-state index contributed by atoms with van der Waals surface area (Å²) in [5, 5.41) is 12.5. The fourth-order valence-corrected chi connectivity index (χ4v) is 4.29. The van der Waals surface area contributed by atoms with E-state index in [-0.39, 0.29) is 11.6 Å². The first-order chi connectivity index (χ1) is 13.5. The van der Waals surface area contributed by atoms with Gasteiger partial charge in [0.05, 0.1) is 37.1 Å². The highest BCUT2D eigenvalue weighted by molar-refractivity contribution is 7.39. The number of morpholine rings is 1. The van der Waals surface area contributed by atoms with Crippen LogP contribution in [0.3, 0.4) is 0 Å². The van der Waals surface area contributed by atoms with Gasteiger partial charge in [-0.05, 0) is 41.8 Å². The van der Waals surface area contributed by atoms with Crippen LogP contribution < -0.4 is 10.1 Å². The summed E-state index contributed by atoms with van der Waals surface area (Å²) in [5.74, 6) is -0.242. The minimum Gasteiger partial charge on any atom is -0.497 e. The van der Waals surface area contributed by atoms with E-state index in [0.29, 0.717) is 19.6 Å². The first-order valence-electron chi connectivity index (χ1n) is 9.02. The van der Waals surface area contributed by atoms with Crippen molar-refractivity contribution in [3.05, 3.63) is 65.2 Å². The zero-order valence-electron chi connectivity index (χ0n) is 15.5. The van der Waals surface area contributed by atoms with Crippen molar-refractivity contribution < 1.29 is 28.8 Å². The van der Waals surface area contributed by atoms with Gasteiger partial charge in [-0.25, -0.2) is 4.79 Å². The fraction of sp³-hybridized carbons (Fsp3) is 0.350. The summed E-state index contributed by atoms with van der Waals surface area (Å²) in [6.45, 7) is 0.724. The lowest BCUT2D eigenvalue weighted by Gasteiger charge is -2.34. The van der Waals surface area contributed by atoms with Gasteiger partial charge in [0.15, 0.2) is 8.03 Å². The Morgan fingerprint density at radius 1 is 1.32 bits per heavy atom. The Hall–Kier alpha value is -2.18. The molecular weight excluding hydrogens is 381 g/mol. The molecule has 1 saturated heterocycles. The highest BCUT2D eigenvalue weighted by Gasteiger charge is 2.32. The number of carbonyl (C=O) groups is 1. The summed E-state index contributed by atoms with van der Waals surface area (Å²) < 4.78 is 23.0. The number of aromatic carboxylic acids is 1. The second-order valence-electron chi connectivity index (χ2n) is 6.76. The standard InChI is InChI=1S/C20H24NO6P/c1-26-16-7-5-13(6-8-16)9-19(28(24)25)18-11-21-17(12-27-18)14-3-2-4-15(10-14)20(22)23/h2-8,10,17-19,21,28H,9,11-12H2,1H3,(H,22,23)(H,24,25)/t17-,18-,19?/m0/s1. The molecule has 0 amide bonds. The zero-order valence-corrected chi connectivity index (χ0v) is 16.5. The van der Waals surface area contributed by atoms with Gasteiger partial charge in [0, 0.05) is 6.54 Å². The average molecular weight is 405 g/mol. The van der Waals surface area contributed by atoms with Crippen LogP contribution in [0.5, 0.6) is 5.75 Å². The highest BCUT2D eigenvalue weighted by Crippen LogP contribution is 2.33. The van der Waals surface area contributed by atoms with E-state index in [9.17, 15) is 14.3 Å². The average Bonchev–Trinajstić information content (AvgIpc) is 2.72. The Balaban J connectivity index is 1.64. The van der Waals surface area contributed by atoms with Crippen LogP contribution in [-0.4, -0.2) is 48.0 Å². The van der Waals surface area contributed by atoms with Gasteiger partial charge < -0.3 is 24.8 Å². The molecular formula is C20H24NO6P. The summed E-state index contributed by atoms with van der Waals surface area (Å²) >= 11 is 0. The molecule has 0 saturated carbocycles. The number of hydrogen-bond acceptors (Lipinski definition) is 5. The van der Waals surface area contributed by atoms with E-state index in [1.165, 1.54) is 0 Å². The molecule has 4 atom stereocenters. The molecule has 7 nitrogen and oxygen atoms in total. The van der Waals surface area contributed by atoms with Crippen LogP contribution in [-0.2, 0) is 15.7 Å². The van der Waals surface area contributed by atoms with Crippen molar-refractivity contribution in [1.29, 1.82) is 0 Å². The van der Waals surface area contributed by atoms with E-state index >= 15 is 0 Å². The van der Waals surface area contributed by atoms with Crippen LogP contribution in [0.25, 0.3) is 0 Å². The first kappa shape index (κ1) is 20.6. The van der Waals surface area contributed by atoms with Crippen LogP contribution in [0.1, 0.15) is 27.5 Å². The van der Waals surface area contributed by atoms with E-state index in [1.54, 1.807) is 25.3 Å². The van der Waals surface area contributed by atoms with Crippen LogP contribution in [0.15, 0.2) is 48.5 Å². The van der Waals surface area contributed by atoms with Gasteiger partial charge in [-0.3, -0.25) is 4.57 Å². The van der Waals surface area contributed by atoms with Crippen LogP contribution in [0.4, 0.5) is 0 Å². The highest BCUT2D eigenvalue weighted by atomic mass is 31.1. The number of rotatable bonds is 7. The van der Waals surface area contributed by atoms with Gasteiger partial charge in [0.1, 0.15) is 5.75 Å². The molecule has 0 radical (unpaired) electrons. The quantitative estimate of drug-likeness (QED) is 0.608. The lowest BCUT2D eigenvalue weighted by atomic mass is 10.0. The third kappa shape index (κ3) is 5.00. The maximum atomic E-state index is 12.0. The topological polar surface area (TPSA) is 105 Å². The predicted molar refractivity (Wildman–Crippen MR) is 106 cm³/mol. The van der Waals surface area contributed by atoms with Gasteiger partial charge in [-0.1, -0.05) is 24.3 Å². The molecule has 1 heterocycles. The van der Waals surface area contributed by atoms with Crippen LogP contribution in [0, 0.1) is 0 Å². The molecule has 0 bridgehead atoms. The van der Waals surface area contributed by atoms with Crippen molar-refractivity contribution in [2.45, 2.75) is 24.2 Å². The predicted octanol–water partition coefficient (Wildman–Crippen LogP) is 2.50. The molecule has 2 unspecified atom stereocenters. The summed E-state index contributed by atoms with van der Waals surface area (Å²) in [5.41, 5.74) is 1.48. The van der Waals surface area contributed by atoms with Crippen molar-refractivity contribution >= 4 is 14.0 Å². The molecule has 3 rings (SSSR count). The number of benzene rings is 2. The molecule has 2 aromatic rings. The molecule has 0 spiro atoms. The number of ether oxygens (including phenoxy) is 2. The Kier molecular flexibility index (Phi) is 6.86. The third-order valence-corrected chi connectivity index (χ3v) is 6.17. The molecule has 2 aromatic carbocycles. The minimum atomic E-state index is -2.81. The molecule has 1 aliphatic heterocycles. The van der Waals surface area contributed by atoms with E-state index in [1.807, 2.05) is 30.3 Å². The van der Waals surface area contributed by atoms with Crippen molar-refractivity contribution in [2.75, 3.05) is 20.3 Å². The second-order valence-corrected chi connectivity index (χ2v) is 8.18. The lowest BCUT2D eigenvalue weighted by molar-refractivity contribution is 0.000664. The maximum Gasteiger partial charge on any atom is 0.335 e. The van der Waals surface area contributed by atoms with Gasteiger partial charge in [-0.15, -0.1) is 0 Å². The Morgan fingerprint density at radius 2 is 2.07 bits per heavy atom. The Bertz CT molecular complexity index is 833. The molecule has 150 valence electrons. The molecule has 0 aliphatic carbocycles. The summed E-state index contributed by atoms with van der Waals surface area (Å²) in [6.07, 6.45) is 0.0430. The molecule has 1 aliphatic rings. The number of hydrogen-bond donors (Lipinski definition) is 3. The lowest BCUT2D eigenvalue weighted by Crippen LogP contribution is -2.46. The van der Waals surface area contributed by atoms with Crippen molar-refractivity contribution in [1.82, 2.24) is 5.32 Å². The molecule has 28 heavy (non-hydrogen) atoms. The van der Waals surface area contributed by atoms with E-state index in [2.05, 4.69) is 5.32 Å². The summed E-state index contributed by atoms with van der Waals surface area (Å²) in [4.78, 5) is 21.0. The zero-order chi connectivity index (χ0) is 20.1. The van der Waals surface area contributed by atoms with Gasteiger partial charge in [0.25, 0.3) is 0 Å². The molecule has 0 aromatic heterocycles. The minimum absolute atomic E-state index is 0.154. The van der Waals surface area contributed by atoms with E-state index in [0.717, 1.165) is 16.9 Å². The Morgan fingerprint density at radius 3 is 2.64 bits per heavy atom. The molecule has 1 fully saturated rings. The SMILES string of the molecule is COc1ccc(CC([C@@H]2CN[C@H](c3cccc(C(=O)O)c3)CO2)[PH](=O)O)cc1. The van der Waals surface area contributed by atoms with Crippen LogP contribution in [0.2, 0.25) is 0 Å². The summed E-state index contributed by atoms with van der Waals surface area (Å²) in [6, 6.07) is 14.0. The monoisotopic (exact) mass is 405 g/mol. The third-order valence-electron chi connectivity index (χ3n) is 4.96. The van der Waals surface area contributed by atoms with Gasteiger partial charge >= 0.3 is 5.97 Å². The number of methoxy groups -OCH3 is 1. The Labute approximate surface area is 164 Å². The van der Waals surface area contributed by atoms with Gasteiger partial charge in [-0.2, -0.15) is 0 Å². The van der Waals surface area contributed by atoms with Crippen LogP contribution >= 0.6 is 8.03 Å². The van der Waals surface area contributed by atoms with E-state index in [4.69, 9.17) is 14.6 Å².